The summed E-state index contributed by atoms with van der Waals surface area (Å²) in [5.41, 5.74) is 13.9. The molecular formula is C41H44N12O5. The Morgan fingerprint density at radius 2 is 1.19 bits per heavy atom. The molecule has 4 aromatic heterocycles. The zero-order valence-electron chi connectivity index (χ0n) is 30.8. The summed E-state index contributed by atoms with van der Waals surface area (Å²) >= 11 is 0. The van der Waals surface area contributed by atoms with E-state index in [4.69, 9.17) is 16.2 Å². The van der Waals surface area contributed by atoms with Crippen LogP contribution in [0.1, 0.15) is 84.1 Å². The number of nitriles is 1. The van der Waals surface area contributed by atoms with E-state index in [0.717, 1.165) is 66.4 Å². The van der Waals surface area contributed by atoms with Crippen LogP contribution in [-0.4, -0.2) is 70.0 Å². The minimum Gasteiger partial charge on any atom is -0.367 e. The van der Waals surface area contributed by atoms with E-state index in [0.29, 0.717) is 94.9 Å². The monoisotopic (exact) mass is 784 g/mol. The Bertz CT molecular complexity index is 2580. The number of fused-ring (bicyclic) bond motifs is 4. The number of carbonyl (C=O) groups excluding carboxylic acids is 3. The summed E-state index contributed by atoms with van der Waals surface area (Å²) in [6.07, 6.45) is 11.4. The molecule has 4 aliphatic carbocycles. The number of nitrogens with one attached hydrogen (secondary N) is 6. The first kappa shape index (κ1) is 39.3. The molecule has 0 aliphatic heterocycles. The van der Waals surface area contributed by atoms with Gasteiger partial charge in [0, 0.05) is 61.5 Å². The van der Waals surface area contributed by atoms with Crippen LogP contribution in [0.5, 0.6) is 0 Å². The fraction of sp³-hybridized carbons (Fsp3) is 0.317. The number of ketones is 2. The predicted octanol–water partition coefficient (Wildman–Crippen LogP) is 6.29. The molecule has 0 unspecified atom stereocenters. The van der Waals surface area contributed by atoms with Crippen molar-refractivity contribution in [3.05, 3.63) is 82.2 Å². The highest BCUT2D eigenvalue weighted by atomic mass is 17.0. The van der Waals surface area contributed by atoms with Crippen LogP contribution in [0.2, 0.25) is 0 Å². The zero-order chi connectivity index (χ0) is 39.6. The molecule has 58 heavy (non-hydrogen) atoms. The number of aromatic amines is 2. The van der Waals surface area contributed by atoms with E-state index < -0.39 is 5.91 Å². The normalized spacial score (nSPS) is 15.3. The van der Waals surface area contributed by atoms with Crippen molar-refractivity contribution in [1.82, 2.24) is 29.9 Å². The maximum Gasteiger partial charge on any atom is 0.251 e. The molecule has 0 spiro atoms. The van der Waals surface area contributed by atoms with Gasteiger partial charge in [-0.25, -0.2) is 0 Å². The van der Waals surface area contributed by atoms with E-state index in [9.17, 15) is 19.6 Å². The molecule has 2 saturated carbocycles. The molecule has 0 saturated heterocycles. The van der Waals surface area contributed by atoms with Crippen LogP contribution in [-0.2, 0) is 35.3 Å². The standard InChI is InChI=1S/C20H20N6O2.C20H18N6O.CH4.H2O2/c21-17(28)15-9-22-18-16(15)19(23-12-4-5-12)26-20(25-18)24-13-3-1-11-8-14(27)6-2-10(11)7-13;21-9-13-10-22-18-17(13)19(23-14-4-5-14)26-20(25-18)24-15-3-1-12-8-16(27)6-2-11(12)7-15;;1-2/h1,3,7,9,12H,2,4-6,8H2,(H2,21,28)(H3,22,23,24,25,26);1,3,7,10,14H,2,4-6,8H2,(H3,22,23,24,25,26);1H4;1-2H. The predicted molar refractivity (Wildman–Crippen MR) is 220 cm³/mol. The molecule has 17 nitrogen and oxygen atoms in total. The van der Waals surface area contributed by atoms with Crippen LogP contribution in [0.15, 0.2) is 48.8 Å². The maximum atomic E-state index is 11.7. The topological polar surface area (TPSA) is 273 Å². The number of hydrogen-bond donors (Lipinski definition) is 9. The van der Waals surface area contributed by atoms with Crippen molar-refractivity contribution in [3.8, 4) is 6.07 Å². The highest BCUT2D eigenvalue weighted by Crippen LogP contribution is 2.34. The molecule has 17 heteroatoms. The highest BCUT2D eigenvalue weighted by molar-refractivity contribution is 6.09. The average molecular weight is 785 g/mol. The third-order valence-corrected chi connectivity index (χ3v) is 10.3. The summed E-state index contributed by atoms with van der Waals surface area (Å²) < 4.78 is 0. The van der Waals surface area contributed by atoms with Crippen LogP contribution < -0.4 is 27.0 Å². The van der Waals surface area contributed by atoms with Crippen molar-refractivity contribution < 1.29 is 24.9 Å². The van der Waals surface area contributed by atoms with Crippen LogP contribution in [0.25, 0.3) is 22.1 Å². The number of amides is 1. The second kappa shape index (κ2) is 16.7. The van der Waals surface area contributed by atoms with Gasteiger partial charge in [-0.3, -0.25) is 24.9 Å². The van der Waals surface area contributed by atoms with Gasteiger partial charge in [-0.05, 0) is 85.0 Å². The molecule has 298 valence electrons. The molecule has 4 heterocycles. The summed E-state index contributed by atoms with van der Waals surface area (Å²) in [5.74, 6) is 2.27. The number of nitrogens with zero attached hydrogens (tertiary/aromatic N) is 5. The first-order chi connectivity index (χ1) is 27.8. The van der Waals surface area contributed by atoms with E-state index in [1.54, 1.807) is 12.4 Å². The highest BCUT2D eigenvalue weighted by Gasteiger charge is 2.26. The lowest BCUT2D eigenvalue weighted by Crippen LogP contribution is -2.14. The Balaban J connectivity index is 0.000000167. The second-order valence-corrected chi connectivity index (χ2v) is 14.6. The van der Waals surface area contributed by atoms with Crippen molar-refractivity contribution in [3.63, 3.8) is 0 Å². The minimum absolute atomic E-state index is 0. The molecule has 6 aromatic rings. The average Bonchev–Trinajstić information content (AvgIpc) is 4.13. The molecule has 0 radical (unpaired) electrons. The Morgan fingerprint density at radius 1 is 0.707 bits per heavy atom. The number of hydrogen-bond acceptors (Lipinski definition) is 14. The van der Waals surface area contributed by atoms with Crippen molar-refractivity contribution >= 4 is 74.4 Å². The van der Waals surface area contributed by atoms with Gasteiger partial charge in [-0.2, -0.15) is 25.2 Å². The number of benzene rings is 2. The van der Waals surface area contributed by atoms with Gasteiger partial charge >= 0.3 is 0 Å². The van der Waals surface area contributed by atoms with E-state index >= 15 is 0 Å². The molecule has 2 fully saturated rings. The molecule has 1 amide bonds. The van der Waals surface area contributed by atoms with Crippen LogP contribution in [0, 0.1) is 11.3 Å². The number of anilines is 6. The number of carbonyl (C=O) groups is 3. The van der Waals surface area contributed by atoms with E-state index in [-0.39, 0.29) is 13.2 Å². The lowest BCUT2D eigenvalue weighted by atomic mass is 9.90. The number of rotatable bonds is 9. The summed E-state index contributed by atoms with van der Waals surface area (Å²) in [7, 11) is 0. The van der Waals surface area contributed by atoms with Crippen LogP contribution >= 0.6 is 0 Å². The van der Waals surface area contributed by atoms with Crippen molar-refractivity contribution in [2.24, 2.45) is 5.73 Å². The Labute approximate surface area is 332 Å². The maximum absolute atomic E-state index is 11.7. The fourth-order valence-electron chi connectivity index (χ4n) is 7.14. The quantitative estimate of drug-likeness (QED) is 0.0576. The molecule has 10 N–H and O–H groups in total. The van der Waals surface area contributed by atoms with Gasteiger partial charge in [0.15, 0.2) is 0 Å². The third-order valence-electron chi connectivity index (χ3n) is 10.3. The van der Waals surface area contributed by atoms with Gasteiger partial charge in [0.05, 0.1) is 21.9 Å². The molecule has 10 rings (SSSR count). The number of nitrogens with two attached hydrogens (primary N) is 1. The second-order valence-electron chi connectivity index (χ2n) is 14.6. The summed E-state index contributed by atoms with van der Waals surface area (Å²) in [6.45, 7) is 0. The molecule has 2 aromatic carbocycles. The van der Waals surface area contributed by atoms with Gasteiger partial charge < -0.3 is 37.0 Å². The number of primary amides is 1. The van der Waals surface area contributed by atoms with Gasteiger partial charge in [-0.1, -0.05) is 19.6 Å². The SMILES string of the molecule is C.N#Cc1c[nH]c2nc(Nc3ccc4c(c3)CCC(=O)C4)nc(NC3CC3)c12.NC(=O)c1c[nH]c2nc(Nc3ccc4c(c3)CCC(=O)C4)nc(NC3CC3)c12.OO. The van der Waals surface area contributed by atoms with E-state index in [1.807, 2.05) is 30.3 Å². The molecular weight excluding hydrogens is 741 g/mol. The Morgan fingerprint density at radius 3 is 1.67 bits per heavy atom. The van der Waals surface area contributed by atoms with Gasteiger partial charge in [0.1, 0.15) is 40.6 Å². The number of H-pyrrole nitrogens is 2. The molecule has 0 atom stereocenters. The van der Waals surface area contributed by atoms with Crippen LogP contribution in [0.4, 0.5) is 34.9 Å². The largest absolute Gasteiger partial charge is 0.367 e. The summed E-state index contributed by atoms with van der Waals surface area (Å²) in [5, 5.41) is 36.0. The molecule has 4 aliphatic rings. The lowest BCUT2D eigenvalue weighted by Gasteiger charge is -2.16. The summed E-state index contributed by atoms with van der Waals surface area (Å²) in [6, 6.07) is 15.0. The summed E-state index contributed by atoms with van der Waals surface area (Å²) in [4.78, 5) is 59.3. The van der Waals surface area contributed by atoms with E-state index in [1.165, 1.54) is 11.1 Å². The zero-order valence-corrected chi connectivity index (χ0v) is 30.8. The van der Waals surface area contributed by atoms with Crippen molar-refractivity contribution in [2.75, 3.05) is 21.3 Å². The number of aryl methyl sites for hydroxylation is 2. The minimum atomic E-state index is -0.515. The lowest BCUT2D eigenvalue weighted by molar-refractivity contribution is -0.176. The Hall–Kier alpha value is -6.90. The van der Waals surface area contributed by atoms with Crippen LogP contribution in [0.3, 0.4) is 0 Å². The van der Waals surface area contributed by atoms with Crippen molar-refractivity contribution in [1.29, 1.82) is 5.26 Å². The first-order valence-corrected chi connectivity index (χ1v) is 18.8. The van der Waals surface area contributed by atoms with Gasteiger partial charge in [-0.15, -0.1) is 0 Å². The van der Waals surface area contributed by atoms with Gasteiger partial charge in [0.2, 0.25) is 11.9 Å². The fourth-order valence-corrected chi connectivity index (χ4v) is 7.14. The number of aromatic nitrogens is 6. The first-order valence-electron chi connectivity index (χ1n) is 18.8. The smallest absolute Gasteiger partial charge is 0.251 e. The van der Waals surface area contributed by atoms with Crippen molar-refractivity contribution in [2.45, 2.75) is 83.7 Å². The van der Waals surface area contributed by atoms with E-state index in [2.05, 4.69) is 63.3 Å². The number of Topliss-reactive ketones (excluding diaryl/α,β-unsaturated/α-hetero) is 2. The Kier molecular flexibility index (Phi) is 11.3. The van der Waals surface area contributed by atoms with Gasteiger partial charge in [0.25, 0.3) is 5.91 Å². The molecule has 0 bridgehead atoms. The third kappa shape index (κ3) is 8.57.